The number of allylic oxidation sites excluding steroid dienone is 1. The van der Waals surface area contributed by atoms with Gasteiger partial charge in [0.2, 0.25) is 0 Å². The fourth-order valence-electron chi connectivity index (χ4n) is 5.31. The van der Waals surface area contributed by atoms with Gasteiger partial charge in [-0.15, -0.1) is 5.10 Å². The van der Waals surface area contributed by atoms with E-state index in [1.54, 1.807) is 23.1 Å². The minimum atomic E-state index is -4.40. The highest BCUT2D eigenvalue weighted by molar-refractivity contribution is 5.91. The van der Waals surface area contributed by atoms with Crippen molar-refractivity contribution >= 4 is 11.5 Å². The van der Waals surface area contributed by atoms with Crippen LogP contribution in [0.3, 0.4) is 0 Å². The summed E-state index contributed by atoms with van der Waals surface area (Å²) in [5.74, 6) is 0.104. The lowest BCUT2D eigenvalue weighted by atomic mass is 9.94. The zero-order valence-corrected chi connectivity index (χ0v) is 23.2. The van der Waals surface area contributed by atoms with Crippen LogP contribution in [0.15, 0.2) is 60.4 Å². The Bertz CT molecular complexity index is 1640. The largest absolute Gasteiger partial charge is 0.416 e. The second-order valence-electron chi connectivity index (χ2n) is 10.9. The van der Waals surface area contributed by atoms with Gasteiger partial charge >= 0.3 is 6.18 Å². The van der Waals surface area contributed by atoms with E-state index in [4.69, 9.17) is 0 Å². The highest BCUT2D eigenvalue weighted by atomic mass is 19.4. The van der Waals surface area contributed by atoms with Crippen molar-refractivity contribution in [2.24, 2.45) is 5.92 Å². The maximum absolute atomic E-state index is 13.5. The molecule has 2 aliphatic rings. The normalized spacial score (nSPS) is 14.8. The standard InChI is InChI=1S/C31H30F3N7O/c1-19-8-9-20(16-35-19)17-36-30(42)28-18-41(40-39-28)12-3-2-7-24-14-26-27(38-37-24)15-25(21-10-11-21)29(26)22-5-4-6-23(13-22)31(32,33)34/h4-6,8-9,13-14,16,18,21H,2-3,7,10-12,15,17H2,1H3,(H,36,42). The number of rotatable bonds is 10. The van der Waals surface area contributed by atoms with Crippen LogP contribution >= 0.6 is 0 Å². The summed E-state index contributed by atoms with van der Waals surface area (Å²) in [6, 6.07) is 11.4. The van der Waals surface area contributed by atoms with E-state index in [2.05, 4.69) is 30.8 Å². The van der Waals surface area contributed by atoms with Gasteiger partial charge in [-0.3, -0.25) is 14.5 Å². The first-order valence-corrected chi connectivity index (χ1v) is 14.1. The molecule has 1 amide bonds. The number of hydrogen-bond donors (Lipinski definition) is 1. The fraction of sp³-hybridized carbons (Fsp3) is 0.355. The summed E-state index contributed by atoms with van der Waals surface area (Å²) >= 11 is 0. The molecule has 0 atom stereocenters. The molecule has 6 rings (SSSR count). The number of carbonyl (C=O) groups excluding carboxylic acids is 1. The van der Waals surface area contributed by atoms with Crippen molar-refractivity contribution in [2.75, 3.05) is 0 Å². The maximum atomic E-state index is 13.5. The molecule has 42 heavy (non-hydrogen) atoms. The van der Waals surface area contributed by atoms with Gasteiger partial charge in [0.1, 0.15) is 0 Å². The summed E-state index contributed by atoms with van der Waals surface area (Å²) in [6.07, 6.45) is 3.96. The molecular weight excluding hydrogens is 543 g/mol. The predicted molar refractivity (Wildman–Crippen MR) is 149 cm³/mol. The molecule has 1 aromatic carbocycles. The molecule has 0 radical (unpaired) electrons. The number of carbonyl (C=O) groups is 1. The lowest BCUT2D eigenvalue weighted by Crippen LogP contribution is -2.23. The third-order valence-electron chi connectivity index (χ3n) is 7.69. The summed E-state index contributed by atoms with van der Waals surface area (Å²) in [5, 5.41) is 19.8. The number of unbranched alkanes of at least 4 members (excludes halogenated alkanes) is 1. The molecule has 0 unspecified atom stereocenters. The number of aryl methyl sites for hydroxylation is 3. The summed E-state index contributed by atoms with van der Waals surface area (Å²) in [6.45, 7) is 2.84. The summed E-state index contributed by atoms with van der Waals surface area (Å²) in [4.78, 5) is 16.7. The second-order valence-corrected chi connectivity index (χ2v) is 10.9. The van der Waals surface area contributed by atoms with Gasteiger partial charge in [0, 0.05) is 37.0 Å². The van der Waals surface area contributed by atoms with E-state index >= 15 is 0 Å². The molecule has 11 heteroatoms. The molecule has 3 heterocycles. The zero-order chi connectivity index (χ0) is 29.3. The molecule has 1 saturated carbocycles. The molecule has 0 saturated heterocycles. The Kier molecular flexibility index (Phi) is 7.57. The number of halogens is 3. The van der Waals surface area contributed by atoms with E-state index in [-0.39, 0.29) is 11.6 Å². The van der Waals surface area contributed by atoms with Gasteiger partial charge in [-0.2, -0.15) is 23.4 Å². The molecule has 216 valence electrons. The summed E-state index contributed by atoms with van der Waals surface area (Å²) in [5.41, 5.74) is 6.61. The Morgan fingerprint density at radius 2 is 1.93 bits per heavy atom. The topological polar surface area (TPSA) is 98.5 Å². The van der Waals surface area contributed by atoms with Crippen molar-refractivity contribution in [1.29, 1.82) is 0 Å². The zero-order valence-electron chi connectivity index (χ0n) is 23.2. The van der Waals surface area contributed by atoms with Crippen molar-refractivity contribution in [3.63, 3.8) is 0 Å². The van der Waals surface area contributed by atoms with E-state index in [1.807, 2.05) is 25.1 Å². The van der Waals surface area contributed by atoms with Crippen molar-refractivity contribution in [1.82, 2.24) is 35.5 Å². The van der Waals surface area contributed by atoms with Crippen LogP contribution in [0.4, 0.5) is 13.2 Å². The number of amides is 1. The monoisotopic (exact) mass is 573 g/mol. The third-order valence-corrected chi connectivity index (χ3v) is 7.69. The average Bonchev–Trinajstić information content (AvgIpc) is 3.59. The van der Waals surface area contributed by atoms with Gasteiger partial charge in [0.25, 0.3) is 5.91 Å². The number of pyridine rings is 1. The Morgan fingerprint density at radius 3 is 2.69 bits per heavy atom. The van der Waals surface area contributed by atoms with Crippen LogP contribution < -0.4 is 5.32 Å². The van der Waals surface area contributed by atoms with Crippen LogP contribution in [-0.2, 0) is 32.1 Å². The summed E-state index contributed by atoms with van der Waals surface area (Å²) < 4.78 is 42.0. The molecule has 0 spiro atoms. The molecule has 3 aromatic heterocycles. The number of nitrogens with zero attached hydrogens (tertiary/aromatic N) is 6. The molecular formula is C31H30F3N7O. The number of nitrogens with one attached hydrogen (secondary N) is 1. The van der Waals surface area contributed by atoms with Crippen LogP contribution in [0.25, 0.3) is 5.57 Å². The van der Waals surface area contributed by atoms with Gasteiger partial charge in [-0.1, -0.05) is 29.0 Å². The lowest BCUT2D eigenvalue weighted by Gasteiger charge is -2.13. The molecule has 1 fully saturated rings. The number of benzene rings is 1. The quantitative estimate of drug-likeness (QED) is 0.251. The van der Waals surface area contributed by atoms with Crippen LogP contribution in [0.5, 0.6) is 0 Å². The van der Waals surface area contributed by atoms with Crippen molar-refractivity contribution < 1.29 is 18.0 Å². The minimum absolute atomic E-state index is 0.250. The number of fused-ring (bicyclic) bond motifs is 1. The number of hydrogen-bond acceptors (Lipinski definition) is 6. The van der Waals surface area contributed by atoms with E-state index in [0.29, 0.717) is 37.4 Å². The van der Waals surface area contributed by atoms with Gasteiger partial charge in [0.05, 0.1) is 23.1 Å². The van der Waals surface area contributed by atoms with E-state index in [9.17, 15) is 18.0 Å². The Morgan fingerprint density at radius 1 is 1.07 bits per heavy atom. The highest BCUT2D eigenvalue weighted by Crippen LogP contribution is 2.48. The molecule has 0 aliphatic heterocycles. The van der Waals surface area contributed by atoms with E-state index in [1.165, 1.54) is 17.7 Å². The highest BCUT2D eigenvalue weighted by Gasteiger charge is 2.36. The SMILES string of the molecule is Cc1ccc(CNC(=O)c2cn(CCCCc3cc4c(nn3)CC(C3CC3)=C4c3cccc(C(F)(F)F)c3)nn2)cn1. The molecule has 2 aliphatic carbocycles. The molecule has 8 nitrogen and oxygen atoms in total. The third kappa shape index (κ3) is 6.24. The van der Waals surface area contributed by atoms with Gasteiger partial charge in [-0.25, -0.2) is 0 Å². The van der Waals surface area contributed by atoms with Crippen molar-refractivity contribution in [2.45, 2.75) is 64.7 Å². The second kappa shape index (κ2) is 11.5. The molecule has 0 bridgehead atoms. The number of alkyl halides is 3. The fourth-order valence-corrected chi connectivity index (χ4v) is 5.31. The van der Waals surface area contributed by atoms with Crippen LogP contribution in [0, 0.1) is 12.8 Å². The van der Waals surface area contributed by atoms with E-state index in [0.717, 1.165) is 65.5 Å². The Balaban J connectivity index is 1.06. The van der Waals surface area contributed by atoms with Crippen LogP contribution in [-0.4, -0.2) is 36.1 Å². The Labute approximate surface area is 241 Å². The molecule has 1 N–H and O–H groups in total. The first kappa shape index (κ1) is 27.7. The lowest BCUT2D eigenvalue weighted by molar-refractivity contribution is -0.137. The Hall–Kier alpha value is -4.41. The summed E-state index contributed by atoms with van der Waals surface area (Å²) in [7, 11) is 0. The number of aromatic nitrogens is 6. The van der Waals surface area contributed by atoms with E-state index < -0.39 is 11.7 Å². The smallest absolute Gasteiger partial charge is 0.346 e. The van der Waals surface area contributed by atoms with Crippen molar-refractivity contribution in [3.05, 3.63) is 105 Å². The average molecular weight is 574 g/mol. The predicted octanol–water partition coefficient (Wildman–Crippen LogP) is 5.51. The molecule has 4 aromatic rings. The van der Waals surface area contributed by atoms with Crippen molar-refractivity contribution in [3.8, 4) is 0 Å². The first-order chi connectivity index (χ1) is 20.2. The van der Waals surface area contributed by atoms with Crippen LogP contribution in [0.1, 0.15) is 75.5 Å². The van der Waals surface area contributed by atoms with Gasteiger partial charge in [-0.05, 0) is 85.9 Å². The van der Waals surface area contributed by atoms with Crippen LogP contribution in [0.2, 0.25) is 0 Å². The minimum Gasteiger partial charge on any atom is -0.346 e. The maximum Gasteiger partial charge on any atom is 0.416 e. The first-order valence-electron chi connectivity index (χ1n) is 14.1. The van der Waals surface area contributed by atoms with Gasteiger partial charge < -0.3 is 5.32 Å². The van der Waals surface area contributed by atoms with Gasteiger partial charge in [0.15, 0.2) is 5.69 Å².